The van der Waals surface area contributed by atoms with Crippen LogP contribution in [0.5, 0.6) is 0 Å². The molecule has 58 valence electrons. The van der Waals surface area contributed by atoms with E-state index in [4.69, 9.17) is 10.4 Å². The summed E-state index contributed by atoms with van der Waals surface area (Å²) in [7, 11) is 0. The Hall–Kier alpha value is -1.24. The van der Waals surface area contributed by atoms with Crippen LogP contribution in [0.2, 0.25) is 0 Å². The summed E-state index contributed by atoms with van der Waals surface area (Å²) >= 11 is 0. The van der Waals surface area contributed by atoms with Gasteiger partial charge in [-0.15, -0.1) is 0 Å². The molecule has 0 saturated heterocycles. The van der Waals surface area contributed by atoms with E-state index in [-0.39, 0.29) is 6.42 Å². The fraction of sp³-hybridized carbons (Fsp3) is 0.667. The predicted molar refractivity (Wildman–Crippen MR) is 35.2 cm³/mol. The Morgan fingerprint density at radius 1 is 1.70 bits per heavy atom. The summed E-state index contributed by atoms with van der Waals surface area (Å²) in [5, 5.41) is 15.3. The molecule has 0 saturated carbocycles. The molecule has 0 aliphatic heterocycles. The summed E-state index contributed by atoms with van der Waals surface area (Å²) in [4.78, 5) is 9.37. The van der Waals surface area contributed by atoms with E-state index in [0.29, 0.717) is 6.61 Å². The lowest BCUT2D eigenvalue weighted by Gasteiger charge is -1.76. The van der Waals surface area contributed by atoms with E-state index < -0.39 is 5.97 Å². The van der Waals surface area contributed by atoms with Crippen LogP contribution in [0.4, 0.5) is 0 Å². The zero-order valence-corrected chi connectivity index (χ0v) is 6.13. The lowest BCUT2D eigenvalue weighted by molar-refractivity contribution is -0.136. The third kappa shape index (κ3) is 29.4. The van der Waals surface area contributed by atoms with Gasteiger partial charge < -0.3 is 9.84 Å². The van der Waals surface area contributed by atoms with Crippen LogP contribution in [0.15, 0.2) is 0 Å². The van der Waals surface area contributed by atoms with E-state index >= 15 is 0 Å². The zero-order chi connectivity index (χ0) is 8.41. The quantitative estimate of drug-likeness (QED) is 0.588. The lowest BCUT2D eigenvalue weighted by Crippen LogP contribution is -1.86. The van der Waals surface area contributed by atoms with Crippen molar-refractivity contribution in [2.75, 3.05) is 6.61 Å². The van der Waals surface area contributed by atoms with E-state index in [1.165, 1.54) is 6.26 Å². The van der Waals surface area contributed by atoms with Gasteiger partial charge in [-0.05, 0) is 6.92 Å². The van der Waals surface area contributed by atoms with Crippen LogP contribution in [0.25, 0.3) is 0 Å². The number of aliphatic carboxylic acids is 1. The van der Waals surface area contributed by atoms with Crippen molar-refractivity contribution in [1.82, 2.24) is 0 Å². The highest BCUT2D eigenvalue weighted by Gasteiger charge is 1.80. The van der Waals surface area contributed by atoms with E-state index in [1.807, 2.05) is 0 Å². The van der Waals surface area contributed by atoms with Crippen molar-refractivity contribution in [1.29, 1.82) is 5.26 Å². The maximum absolute atomic E-state index is 9.37. The molecule has 4 heteroatoms. The molecular weight excluding hydrogens is 134 g/mol. The number of ether oxygens (including phenoxy) is 1. The molecule has 0 aromatic carbocycles. The Morgan fingerprint density at radius 3 is 2.10 bits per heavy atom. The van der Waals surface area contributed by atoms with Crippen LogP contribution in [-0.4, -0.2) is 17.7 Å². The van der Waals surface area contributed by atoms with E-state index in [2.05, 4.69) is 4.74 Å². The van der Waals surface area contributed by atoms with Gasteiger partial charge in [0.15, 0.2) is 0 Å². The normalized spacial score (nSPS) is 6.50. The Kier molecular flexibility index (Phi) is 12.3. The molecule has 0 aromatic heterocycles. The SMILES string of the molecule is CCC(=O)O.CCOC#N. The monoisotopic (exact) mass is 145 g/mol. The molecule has 0 radical (unpaired) electrons. The maximum atomic E-state index is 9.37. The summed E-state index contributed by atoms with van der Waals surface area (Å²) in [6, 6.07) is 0. The van der Waals surface area contributed by atoms with Gasteiger partial charge >= 0.3 is 5.97 Å². The summed E-state index contributed by atoms with van der Waals surface area (Å²) in [5.41, 5.74) is 0. The minimum Gasteiger partial charge on any atom is -0.481 e. The second-order valence-electron chi connectivity index (χ2n) is 1.27. The molecule has 0 aliphatic rings. The van der Waals surface area contributed by atoms with Crippen LogP contribution < -0.4 is 0 Å². The Balaban J connectivity index is 0. The predicted octanol–water partition coefficient (Wildman–Crippen LogP) is 0.985. The molecule has 0 amide bonds. The number of carboxylic acid groups (broad SMARTS) is 1. The first-order valence-electron chi connectivity index (χ1n) is 2.91. The highest BCUT2D eigenvalue weighted by atomic mass is 16.5. The van der Waals surface area contributed by atoms with Crippen LogP contribution in [0.1, 0.15) is 20.3 Å². The van der Waals surface area contributed by atoms with Gasteiger partial charge in [0.05, 0.1) is 6.61 Å². The van der Waals surface area contributed by atoms with Gasteiger partial charge in [-0.2, -0.15) is 5.26 Å². The molecular formula is C6H11NO3. The molecule has 0 fully saturated rings. The third-order valence-electron chi connectivity index (χ3n) is 0.511. The number of hydrogen-bond donors (Lipinski definition) is 1. The molecule has 1 N–H and O–H groups in total. The summed E-state index contributed by atoms with van der Waals surface area (Å²) in [6.45, 7) is 3.85. The van der Waals surface area contributed by atoms with Crippen LogP contribution in [0.3, 0.4) is 0 Å². The molecule has 0 aromatic rings. The van der Waals surface area contributed by atoms with Gasteiger partial charge in [0, 0.05) is 6.42 Å². The number of hydrogen-bond acceptors (Lipinski definition) is 3. The fourth-order valence-electron chi connectivity index (χ4n) is 0.0645. The maximum Gasteiger partial charge on any atom is 0.303 e. The molecule has 0 aliphatic carbocycles. The Morgan fingerprint density at radius 2 is 2.10 bits per heavy atom. The van der Waals surface area contributed by atoms with Gasteiger partial charge in [-0.3, -0.25) is 4.79 Å². The van der Waals surface area contributed by atoms with Gasteiger partial charge in [0.1, 0.15) is 0 Å². The summed E-state index contributed by atoms with van der Waals surface area (Å²) < 4.78 is 4.14. The fourth-order valence-corrected chi connectivity index (χ4v) is 0.0645. The summed E-state index contributed by atoms with van der Waals surface area (Å²) in [6.07, 6.45) is 1.74. The van der Waals surface area contributed by atoms with Crippen LogP contribution >= 0.6 is 0 Å². The second-order valence-corrected chi connectivity index (χ2v) is 1.27. The standard InChI is InChI=1S/C3H5NO.C3H6O2/c1-2-5-3-4;1-2-3(4)5/h2H2,1H3;2H2,1H3,(H,4,5). The van der Waals surface area contributed by atoms with Crippen LogP contribution in [-0.2, 0) is 9.53 Å². The molecule has 0 rings (SSSR count). The molecule has 0 unspecified atom stereocenters. The van der Waals surface area contributed by atoms with Gasteiger partial charge in [0.2, 0.25) is 0 Å². The first-order valence-corrected chi connectivity index (χ1v) is 2.91. The first kappa shape index (κ1) is 11.5. The van der Waals surface area contributed by atoms with Crippen molar-refractivity contribution in [3.63, 3.8) is 0 Å². The van der Waals surface area contributed by atoms with Gasteiger partial charge in [0.25, 0.3) is 6.26 Å². The Bertz CT molecular complexity index is 117. The number of nitrogens with zero attached hydrogens (tertiary/aromatic N) is 1. The van der Waals surface area contributed by atoms with E-state index in [0.717, 1.165) is 0 Å². The van der Waals surface area contributed by atoms with Crippen molar-refractivity contribution in [3.05, 3.63) is 0 Å². The zero-order valence-electron chi connectivity index (χ0n) is 6.13. The minimum atomic E-state index is -0.745. The molecule has 10 heavy (non-hydrogen) atoms. The number of rotatable bonds is 2. The Labute approximate surface area is 60.0 Å². The number of carbonyl (C=O) groups is 1. The van der Waals surface area contributed by atoms with Crippen molar-refractivity contribution in [3.8, 4) is 6.26 Å². The van der Waals surface area contributed by atoms with Crippen LogP contribution in [0, 0.1) is 11.5 Å². The van der Waals surface area contributed by atoms with Crippen molar-refractivity contribution < 1.29 is 14.6 Å². The lowest BCUT2D eigenvalue weighted by atomic mass is 10.5. The molecule has 0 spiro atoms. The molecule has 0 atom stereocenters. The highest BCUT2D eigenvalue weighted by Crippen LogP contribution is 1.67. The first-order chi connectivity index (χ1) is 4.68. The molecule has 4 nitrogen and oxygen atoms in total. The van der Waals surface area contributed by atoms with Gasteiger partial charge in [-0.25, -0.2) is 0 Å². The second kappa shape index (κ2) is 10.7. The van der Waals surface area contributed by atoms with E-state index in [9.17, 15) is 4.79 Å². The number of carboxylic acids is 1. The van der Waals surface area contributed by atoms with Gasteiger partial charge in [-0.1, -0.05) is 6.92 Å². The summed E-state index contributed by atoms with van der Waals surface area (Å²) in [5.74, 6) is -0.745. The minimum absolute atomic E-state index is 0.222. The largest absolute Gasteiger partial charge is 0.481 e. The molecule has 0 heterocycles. The molecule has 0 bridgehead atoms. The third-order valence-corrected chi connectivity index (χ3v) is 0.511. The topological polar surface area (TPSA) is 70.3 Å². The average Bonchev–Trinajstić information content (AvgIpc) is 1.91. The van der Waals surface area contributed by atoms with Crippen molar-refractivity contribution in [2.24, 2.45) is 0 Å². The van der Waals surface area contributed by atoms with Crippen molar-refractivity contribution >= 4 is 5.97 Å². The smallest absolute Gasteiger partial charge is 0.303 e. The number of nitriles is 1. The van der Waals surface area contributed by atoms with E-state index in [1.54, 1.807) is 13.8 Å². The van der Waals surface area contributed by atoms with Crippen molar-refractivity contribution in [2.45, 2.75) is 20.3 Å². The highest BCUT2D eigenvalue weighted by molar-refractivity contribution is 5.66. The average molecular weight is 145 g/mol.